The van der Waals surface area contributed by atoms with Gasteiger partial charge >= 0.3 is 0 Å². The number of piperidine rings is 1. The normalized spacial score (nSPS) is 17.8. The molecule has 2 aromatic rings. The molecule has 4 rings (SSSR count). The van der Waals surface area contributed by atoms with E-state index in [0.717, 1.165) is 24.0 Å². The summed E-state index contributed by atoms with van der Waals surface area (Å²) in [7, 11) is -3.60. The number of hydrogen-bond acceptors (Lipinski definition) is 4. The fraction of sp³-hybridized carbons (Fsp3) is 0.440. The summed E-state index contributed by atoms with van der Waals surface area (Å²) in [6, 6.07) is 10.7. The van der Waals surface area contributed by atoms with Crippen LogP contribution < -0.4 is 10.2 Å². The number of benzene rings is 2. The molecule has 1 fully saturated rings. The molecule has 2 aliphatic rings. The summed E-state index contributed by atoms with van der Waals surface area (Å²) >= 11 is 0. The SMILES string of the molecule is CC1CCN(S(=O)(=O)c2ccc3c(c2)CCCC(=O)N3CC(=O)NCc2ccc(F)cc2)CC1. The van der Waals surface area contributed by atoms with Crippen molar-refractivity contribution in [1.29, 1.82) is 0 Å². The van der Waals surface area contributed by atoms with Gasteiger partial charge in [-0.3, -0.25) is 9.59 Å². The number of nitrogens with zero attached hydrogens (tertiary/aromatic N) is 2. The summed E-state index contributed by atoms with van der Waals surface area (Å²) in [5, 5.41) is 2.76. The zero-order valence-corrected chi connectivity index (χ0v) is 20.1. The fourth-order valence-electron chi connectivity index (χ4n) is 4.44. The second kappa shape index (κ2) is 10.2. The van der Waals surface area contributed by atoms with Gasteiger partial charge in [-0.25, -0.2) is 12.8 Å². The lowest BCUT2D eigenvalue weighted by molar-refractivity contribution is -0.123. The van der Waals surface area contributed by atoms with Crippen LogP contribution in [-0.2, 0) is 32.6 Å². The molecule has 182 valence electrons. The predicted molar refractivity (Wildman–Crippen MR) is 127 cm³/mol. The van der Waals surface area contributed by atoms with E-state index in [1.807, 2.05) is 0 Å². The molecular weight excluding hydrogens is 457 g/mol. The van der Waals surface area contributed by atoms with Crippen molar-refractivity contribution in [3.8, 4) is 0 Å². The van der Waals surface area contributed by atoms with Crippen LogP contribution in [0.2, 0.25) is 0 Å². The predicted octanol–water partition coefficient (Wildman–Crippen LogP) is 3.23. The molecule has 2 heterocycles. The minimum absolute atomic E-state index is 0.164. The molecule has 1 saturated heterocycles. The summed E-state index contributed by atoms with van der Waals surface area (Å²) in [6.07, 6.45) is 3.13. The van der Waals surface area contributed by atoms with Crippen molar-refractivity contribution in [2.75, 3.05) is 24.5 Å². The molecule has 34 heavy (non-hydrogen) atoms. The first-order valence-electron chi connectivity index (χ1n) is 11.7. The monoisotopic (exact) mass is 487 g/mol. The number of halogens is 1. The summed E-state index contributed by atoms with van der Waals surface area (Å²) in [4.78, 5) is 27.0. The highest BCUT2D eigenvalue weighted by atomic mass is 32.2. The van der Waals surface area contributed by atoms with E-state index in [1.54, 1.807) is 24.3 Å². The van der Waals surface area contributed by atoms with Crippen LogP contribution in [0.4, 0.5) is 10.1 Å². The number of carbonyl (C=O) groups is 2. The molecule has 0 bridgehead atoms. The van der Waals surface area contributed by atoms with E-state index in [1.165, 1.54) is 27.4 Å². The van der Waals surface area contributed by atoms with E-state index in [-0.39, 0.29) is 42.0 Å². The highest BCUT2D eigenvalue weighted by Crippen LogP contribution is 2.31. The van der Waals surface area contributed by atoms with Crippen LogP contribution in [0.15, 0.2) is 47.4 Å². The molecule has 2 aromatic carbocycles. The first-order valence-corrected chi connectivity index (χ1v) is 13.1. The number of nitrogens with one attached hydrogen (secondary N) is 1. The lowest BCUT2D eigenvalue weighted by atomic mass is 10.0. The maximum atomic E-state index is 13.2. The Labute approximate surface area is 200 Å². The fourth-order valence-corrected chi connectivity index (χ4v) is 5.96. The van der Waals surface area contributed by atoms with Crippen LogP contribution in [0.5, 0.6) is 0 Å². The van der Waals surface area contributed by atoms with Crippen molar-refractivity contribution in [2.45, 2.75) is 50.5 Å². The second-order valence-electron chi connectivity index (χ2n) is 9.11. The highest BCUT2D eigenvalue weighted by molar-refractivity contribution is 7.89. The van der Waals surface area contributed by atoms with E-state index >= 15 is 0 Å². The van der Waals surface area contributed by atoms with Gasteiger partial charge in [0, 0.05) is 31.7 Å². The van der Waals surface area contributed by atoms with Crippen LogP contribution in [0.1, 0.15) is 43.7 Å². The van der Waals surface area contributed by atoms with Gasteiger partial charge in [0.25, 0.3) is 0 Å². The van der Waals surface area contributed by atoms with Crippen LogP contribution in [0.3, 0.4) is 0 Å². The van der Waals surface area contributed by atoms with Crippen molar-refractivity contribution in [1.82, 2.24) is 9.62 Å². The van der Waals surface area contributed by atoms with Gasteiger partial charge in [0.05, 0.1) is 4.90 Å². The van der Waals surface area contributed by atoms with Gasteiger partial charge in [0.1, 0.15) is 12.4 Å². The minimum atomic E-state index is -3.60. The Morgan fingerprint density at radius 1 is 1.09 bits per heavy atom. The summed E-state index contributed by atoms with van der Waals surface area (Å²) in [6.45, 7) is 3.22. The maximum Gasteiger partial charge on any atom is 0.243 e. The smallest absolute Gasteiger partial charge is 0.243 e. The summed E-state index contributed by atoms with van der Waals surface area (Å²) < 4.78 is 41.0. The third kappa shape index (κ3) is 5.47. The van der Waals surface area contributed by atoms with Gasteiger partial charge in [-0.05, 0) is 73.1 Å². The molecule has 0 aliphatic carbocycles. The quantitative estimate of drug-likeness (QED) is 0.678. The lowest BCUT2D eigenvalue weighted by Crippen LogP contribution is -2.40. The summed E-state index contributed by atoms with van der Waals surface area (Å²) in [5.41, 5.74) is 2.08. The molecule has 0 spiro atoms. The van der Waals surface area contributed by atoms with E-state index in [0.29, 0.717) is 37.5 Å². The largest absolute Gasteiger partial charge is 0.350 e. The van der Waals surface area contributed by atoms with Gasteiger partial charge in [-0.2, -0.15) is 4.31 Å². The van der Waals surface area contributed by atoms with E-state index in [2.05, 4.69) is 12.2 Å². The molecular formula is C25H30FN3O4S. The third-order valence-electron chi connectivity index (χ3n) is 6.56. The van der Waals surface area contributed by atoms with E-state index < -0.39 is 10.0 Å². The molecule has 2 amide bonds. The van der Waals surface area contributed by atoms with Gasteiger partial charge in [0.15, 0.2) is 0 Å². The Bertz CT molecular complexity index is 1160. The number of hydrogen-bond donors (Lipinski definition) is 1. The molecule has 7 nitrogen and oxygen atoms in total. The van der Waals surface area contributed by atoms with Gasteiger partial charge in [-0.15, -0.1) is 0 Å². The Morgan fingerprint density at radius 2 is 1.79 bits per heavy atom. The Balaban J connectivity index is 1.50. The Kier molecular flexibility index (Phi) is 7.33. The number of anilines is 1. The van der Waals surface area contributed by atoms with Crippen LogP contribution in [0, 0.1) is 11.7 Å². The second-order valence-corrected chi connectivity index (χ2v) is 11.1. The molecule has 9 heteroatoms. The van der Waals surface area contributed by atoms with Crippen LogP contribution >= 0.6 is 0 Å². The van der Waals surface area contributed by atoms with Gasteiger partial charge in [-0.1, -0.05) is 19.1 Å². The Hall–Kier alpha value is -2.78. The molecule has 0 saturated carbocycles. The molecule has 0 radical (unpaired) electrons. The van der Waals surface area contributed by atoms with Crippen molar-refractivity contribution >= 4 is 27.5 Å². The van der Waals surface area contributed by atoms with Crippen LogP contribution in [-0.4, -0.2) is 44.2 Å². The highest BCUT2D eigenvalue weighted by Gasteiger charge is 2.30. The van der Waals surface area contributed by atoms with Crippen molar-refractivity contribution in [2.24, 2.45) is 5.92 Å². The molecule has 1 N–H and O–H groups in total. The average Bonchev–Trinajstić information content (AvgIpc) is 2.97. The number of fused-ring (bicyclic) bond motifs is 1. The molecule has 0 atom stereocenters. The molecule has 0 unspecified atom stereocenters. The maximum absolute atomic E-state index is 13.2. The lowest BCUT2D eigenvalue weighted by Gasteiger charge is -2.30. The first-order chi connectivity index (χ1) is 16.2. The number of aryl methyl sites for hydroxylation is 1. The number of amides is 2. The zero-order chi connectivity index (χ0) is 24.3. The minimum Gasteiger partial charge on any atom is -0.350 e. The van der Waals surface area contributed by atoms with Crippen molar-refractivity contribution in [3.05, 3.63) is 59.4 Å². The first kappa shape index (κ1) is 24.3. The van der Waals surface area contributed by atoms with Crippen molar-refractivity contribution < 1.29 is 22.4 Å². The average molecular weight is 488 g/mol. The number of carbonyl (C=O) groups excluding carboxylic acids is 2. The van der Waals surface area contributed by atoms with Gasteiger partial charge in [0.2, 0.25) is 21.8 Å². The van der Waals surface area contributed by atoms with Gasteiger partial charge < -0.3 is 10.2 Å². The van der Waals surface area contributed by atoms with Crippen LogP contribution in [0.25, 0.3) is 0 Å². The van der Waals surface area contributed by atoms with Crippen molar-refractivity contribution in [3.63, 3.8) is 0 Å². The van der Waals surface area contributed by atoms with E-state index in [4.69, 9.17) is 0 Å². The topological polar surface area (TPSA) is 86.8 Å². The number of rotatable bonds is 6. The van der Waals surface area contributed by atoms with E-state index in [9.17, 15) is 22.4 Å². The Morgan fingerprint density at radius 3 is 2.50 bits per heavy atom. The standard InChI is InChI=1S/C25H30FN3O4S/c1-18-11-13-28(14-12-18)34(32,33)22-9-10-23-20(15-22)3-2-4-25(31)29(23)17-24(30)27-16-19-5-7-21(26)8-6-19/h5-10,15,18H,2-4,11-14,16-17H2,1H3,(H,27,30). The molecule has 2 aliphatic heterocycles. The molecule has 0 aromatic heterocycles. The zero-order valence-electron chi connectivity index (χ0n) is 19.3. The number of sulfonamides is 1. The third-order valence-corrected chi connectivity index (χ3v) is 8.46. The summed E-state index contributed by atoms with van der Waals surface area (Å²) in [5.74, 6) is -0.341.